The topological polar surface area (TPSA) is 27.0 Å². The molecule has 0 saturated carbocycles. The molecule has 4 heteroatoms. The molecule has 0 heterocycles. The van der Waals surface area contributed by atoms with E-state index in [0.29, 0.717) is 0 Å². The van der Waals surface area contributed by atoms with Crippen molar-refractivity contribution in [3.63, 3.8) is 0 Å². The molecule has 0 aromatic heterocycles. The maximum atomic E-state index is 10.2. The quantitative estimate of drug-likeness (QED) is 0.608. The molecule has 1 unspecified atom stereocenters. The minimum Gasteiger partial charge on any atom is -0.423 e. The van der Waals surface area contributed by atoms with Crippen LogP contribution in [0, 0.1) is 11.3 Å². The van der Waals surface area contributed by atoms with Crippen LogP contribution < -0.4 is 0 Å². The number of rotatable bonds is 4. The highest BCUT2D eigenvalue weighted by Gasteiger charge is 2.43. The maximum absolute atomic E-state index is 10.2. The Bertz CT molecular complexity index is 867. The van der Waals surface area contributed by atoms with Gasteiger partial charge in [-0.15, -0.1) is 0 Å². The van der Waals surface area contributed by atoms with Crippen LogP contribution in [0.25, 0.3) is 5.70 Å². The van der Waals surface area contributed by atoms with Gasteiger partial charge in [-0.05, 0) is 11.1 Å². The van der Waals surface area contributed by atoms with Gasteiger partial charge >= 0.3 is 0 Å². The molecule has 2 nitrogen and oxygen atoms in total. The lowest BCUT2D eigenvalue weighted by atomic mass is 9.89. The fourth-order valence-corrected chi connectivity index (χ4v) is 14.3. The van der Waals surface area contributed by atoms with Gasteiger partial charge in [0.15, 0.2) is 0 Å². The molecule has 3 rings (SSSR count). The highest BCUT2D eigenvalue weighted by molar-refractivity contribution is 6.91. The highest BCUT2D eigenvalue weighted by Crippen LogP contribution is 2.48. The van der Waals surface area contributed by atoms with E-state index in [2.05, 4.69) is 98.1 Å². The lowest BCUT2D eigenvalue weighted by Gasteiger charge is -2.47. The van der Waals surface area contributed by atoms with Gasteiger partial charge in [-0.25, -0.2) is 0 Å². The van der Waals surface area contributed by atoms with Crippen LogP contribution >= 0.6 is 0 Å². The molecule has 0 amide bonds. The van der Waals surface area contributed by atoms with Crippen LogP contribution in [-0.4, -0.2) is 20.7 Å². The van der Waals surface area contributed by atoms with Gasteiger partial charge in [-0.2, -0.15) is 5.26 Å². The van der Waals surface area contributed by atoms with E-state index in [0.717, 1.165) is 5.57 Å². The standard InChI is InChI=1S/C22H28N2Si2/c1-25(2,3)24(26(4,5)6)22-19-15-11-10-14-18(19)21(20(22)16-23)17-12-8-7-9-13-17/h7-15,21H,1-6H3. The van der Waals surface area contributed by atoms with Crippen molar-refractivity contribution in [2.24, 2.45) is 0 Å². The van der Waals surface area contributed by atoms with Crippen molar-refractivity contribution < 1.29 is 0 Å². The van der Waals surface area contributed by atoms with Crippen molar-refractivity contribution in [1.29, 1.82) is 5.26 Å². The van der Waals surface area contributed by atoms with E-state index in [1.165, 1.54) is 22.4 Å². The summed E-state index contributed by atoms with van der Waals surface area (Å²) in [6.45, 7) is 14.4. The second-order valence-corrected chi connectivity index (χ2v) is 19.0. The van der Waals surface area contributed by atoms with Gasteiger partial charge in [-0.3, -0.25) is 0 Å². The maximum Gasteiger partial charge on any atom is 0.138 e. The fraction of sp³-hybridized carbons (Fsp3) is 0.318. The summed E-state index contributed by atoms with van der Waals surface area (Å²) in [7, 11) is -3.32. The molecule has 1 aliphatic carbocycles. The Hall–Kier alpha value is -2.10. The molecule has 0 aliphatic heterocycles. The van der Waals surface area contributed by atoms with E-state index < -0.39 is 16.5 Å². The predicted molar refractivity (Wildman–Crippen MR) is 116 cm³/mol. The van der Waals surface area contributed by atoms with E-state index >= 15 is 0 Å². The molecule has 26 heavy (non-hydrogen) atoms. The molecule has 0 N–H and O–H groups in total. The third-order valence-corrected chi connectivity index (χ3v) is 12.0. The normalized spacial score (nSPS) is 17.0. The minimum absolute atomic E-state index is 0.0441. The molecule has 0 spiro atoms. The number of benzene rings is 2. The Morgan fingerprint density at radius 1 is 0.808 bits per heavy atom. The Balaban J connectivity index is 2.33. The van der Waals surface area contributed by atoms with Crippen LogP contribution in [0.4, 0.5) is 0 Å². The minimum atomic E-state index is -1.66. The molecule has 2 aromatic carbocycles. The molecule has 1 aliphatic rings. The van der Waals surface area contributed by atoms with Crippen molar-refractivity contribution in [3.8, 4) is 6.07 Å². The summed E-state index contributed by atoms with van der Waals surface area (Å²) in [5, 5.41) is 10.2. The Morgan fingerprint density at radius 2 is 1.35 bits per heavy atom. The molecule has 0 fully saturated rings. The first-order chi connectivity index (χ1) is 12.2. The monoisotopic (exact) mass is 376 g/mol. The summed E-state index contributed by atoms with van der Waals surface area (Å²) in [4.78, 5) is 0. The summed E-state index contributed by atoms with van der Waals surface area (Å²) in [6, 6.07) is 21.7. The number of nitrogens with zero attached hydrogens (tertiary/aromatic N) is 2. The van der Waals surface area contributed by atoms with E-state index in [4.69, 9.17) is 0 Å². The van der Waals surface area contributed by atoms with Crippen LogP contribution in [0.5, 0.6) is 0 Å². The zero-order chi connectivity index (χ0) is 19.1. The number of allylic oxidation sites excluding steroid dienone is 1. The fourth-order valence-electron chi connectivity index (χ4n) is 4.43. The third-order valence-electron chi connectivity index (χ3n) is 4.89. The van der Waals surface area contributed by atoms with Gasteiger partial charge < -0.3 is 4.23 Å². The van der Waals surface area contributed by atoms with Gasteiger partial charge in [0.25, 0.3) is 0 Å². The second kappa shape index (κ2) is 6.57. The van der Waals surface area contributed by atoms with E-state index in [9.17, 15) is 5.26 Å². The second-order valence-electron chi connectivity index (χ2n) is 8.98. The number of nitriles is 1. The summed E-state index contributed by atoms with van der Waals surface area (Å²) >= 11 is 0. The molecule has 0 bridgehead atoms. The van der Waals surface area contributed by atoms with Crippen molar-refractivity contribution >= 4 is 22.2 Å². The van der Waals surface area contributed by atoms with Gasteiger partial charge in [0.2, 0.25) is 0 Å². The van der Waals surface area contributed by atoms with Crippen LogP contribution in [0.3, 0.4) is 0 Å². The van der Waals surface area contributed by atoms with Gasteiger partial charge in [-0.1, -0.05) is 93.9 Å². The zero-order valence-corrected chi connectivity index (χ0v) is 18.7. The Kier molecular flexibility index (Phi) is 4.72. The van der Waals surface area contributed by atoms with Crippen LogP contribution in [-0.2, 0) is 0 Å². The SMILES string of the molecule is C[Si](C)(C)N(C1=C(C#N)C(c2ccccc2)c2ccccc21)[Si](C)(C)C. The smallest absolute Gasteiger partial charge is 0.138 e. The Labute approximate surface area is 160 Å². The lowest BCUT2D eigenvalue weighted by molar-refractivity contribution is 0.856. The lowest BCUT2D eigenvalue weighted by Crippen LogP contribution is -2.57. The van der Waals surface area contributed by atoms with Crippen LogP contribution in [0.1, 0.15) is 22.6 Å². The average molecular weight is 377 g/mol. The first-order valence-electron chi connectivity index (χ1n) is 9.25. The van der Waals surface area contributed by atoms with Crippen molar-refractivity contribution in [3.05, 3.63) is 76.9 Å². The van der Waals surface area contributed by atoms with E-state index in [1.807, 2.05) is 6.07 Å². The van der Waals surface area contributed by atoms with Gasteiger partial charge in [0, 0.05) is 17.2 Å². The molecule has 0 radical (unpaired) electrons. The van der Waals surface area contributed by atoms with Crippen molar-refractivity contribution in [2.45, 2.75) is 45.2 Å². The van der Waals surface area contributed by atoms with E-state index in [-0.39, 0.29) is 5.92 Å². The number of fused-ring (bicyclic) bond motifs is 1. The van der Waals surface area contributed by atoms with Gasteiger partial charge in [0.1, 0.15) is 16.5 Å². The third kappa shape index (κ3) is 3.18. The van der Waals surface area contributed by atoms with Gasteiger partial charge in [0.05, 0.1) is 11.6 Å². The molecular formula is C22H28N2Si2. The average Bonchev–Trinajstić information content (AvgIpc) is 2.87. The number of hydrogen-bond donors (Lipinski definition) is 0. The summed E-state index contributed by atoms with van der Waals surface area (Å²) < 4.78 is 2.69. The van der Waals surface area contributed by atoms with Crippen molar-refractivity contribution in [1.82, 2.24) is 4.23 Å². The summed E-state index contributed by atoms with van der Waals surface area (Å²) in [6.07, 6.45) is 0. The molecular weight excluding hydrogens is 348 g/mol. The van der Waals surface area contributed by atoms with Crippen LogP contribution in [0.15, 0.2) is 60.2 Å². The Morgan fingerprint density at radius 3 is 1.88 bits per heavy atom. The highest BCUT2D eigenvalue weighted by atomic mass is 28.4. The van der Waals surface area contributed by atoms with Crippen molar-refractivity contribution in [2.75, 3.05) is 0 Å². The molecule has 1 atom stereocenters. The predicted octanol–water partition coefficient (Wildman–Crippen LogP) is 6.04. The number of hydrogen-bond acceptors (Lipinski definition) is 2. The zero-order valence-electron chi connectivity index (χ0n) is 16.7. The summed E-state index contributed by atoms with van der Waals surface area (Å²) in [5.41, 5.74) is 5.85. The first kappa shape index (κ1) is 18.7. The molecule has 0 saturated heterocycles. The molecule has 134 valence electrons. The first-order valence-corrected chi connectivity index (χ1v) is 16.1. The largest absolute Gasteiger partial charge is 0.423 e. The van der Waals surface area contributed by atoms with Crippen LogP contribution in [0.2, 0.25) is 39.3 Å². The summed E-state index contributed by atoms with van der Waals surface area (Å²) in [5.74, 6) is 0.0441. The molecule has 2 aromatic rings. The van der Waals surface area contributed by atoms with E-state index in [1.54, 1.807) is 0 Å².